The second-order valence-corrected chi connectivity index (χ2v) is 6.14. The van der Waals surface area contributed by atoms with Crippen LogP contribution in [0.1, 0.15) is 55.6 Å². The zero-order valence-corrected chi connectivity index (χ0v) is 13.4. The number of Topliss-reactive ketones (excluding diaryl/α,β-unsaturated/α-hetero) is 1. The van der Waals surface area contributed by atoms with Gasteiger partial charge in [-0.15, -0.1) is 0 Å². The minimum Gasteiger partial charge on any atom is -0.292 e. The third-order valence-electron chi connectivity index (χ3n) is 4.44. The molecule has 106 valence electrons. The summed E-state index contributed by atoms with van der Waals surface area (Å²) in [6.45, 7) is 12.6. The van der Waals surface area contributed by atoms with Crippen LogP contribution in [-0.2, 0) is 0 Å². The van der Waals surface area contributed by atoms with Crippen LogP contribution in [0.4, 0.5) is 0 Å². The average Bonchev–Trinajstić information content (AvgIpc) is 2.38. The first-order valence-corrected chi connectivity index (χ1v) is 7.05. The highest BCUT2D eigenvalue weighted by molar-refractivity contribution is 6.01. The van der Waals surface area contributed by atoms with E-state index in [1.165, 1.54) is 0 Å². The van der Waals surface area contributed by atoms with Gasteiger partial charge in [-0.05, 0) is 59.7 Å². The van der Waals surface area contributed by atoms with E-state index in [0.717, 1.165) is 23.1 Å². The second-order valence-electron chi connectivity index (χ2n) is 6.14. The van der Waals surface area contributed by atoms with Crippen LogP contribution in [0.5, 0.6) is 0 Å². The largest absolute Gasteiger partial charge is 0.292 e. The van der Waals surface area contributed by atoms with E-state index in [1.807, 2.05) is 40.0 Å². The Hall–Kier alpha value is -1.15. The van der Waals surface area contributed by atoms with Gasteiger partial charge >= 0.3 is 0 Å². The Morgan fingerprint density at radius 2 is 1.89 bits per heavy atom. The van der Waals surface area contributed by atoms with Crippen molar-refractivity contribution in [3.63, 3.8) is 0 Å². The van der Waals surface area contributed by atoms with E-state index in [9.17, 15) is 4.79 Å². The number of benzene rings is 1. The van der Waals surface area contributed by atoms with Crippen molar-refractivity contribution < 1.29 is 4.79 Å². The fraction of sp³-hybridized carbons (Fsp3) is 0.588. The summed E-state index contributed by atoms with van der Waals surface area (Å²) in [5.74, 6) is 0.213. The lowest BCUT2D eigenvalue weighted by molar-refractivity contribution is 0.0676. The zero-order valence-electron chi connectivity index (χ0n) is 13.4. The fourth-order valence-electron chi connectivity index (χ4n) is 2.18. The van der Waals surface area contributed by atoms with Crippen LogP contribution in [0.3, 0.4) is 0 Å². The van der Waals surface area contributed by atoms with Crippen molar-refractivity contribution in [2.45, 2.75) is 59.5 Å². The SMILES string of the molecule is CCC(C)(C)N(C)C(C)C(=O)c1cc(C)ccc1C. The van der Waals surface area contributed by atoms with Crippen LogP contribution in [0.2, 0.25) is 0 Å². The highest BCUT2D eigenvalue weighted by Gasteiger charge is 2.30. The fourth-order valence-corrected chi connectivity index (χ4v) is 2.18. The van der Waals surface area contributed by atoms with Gasteiger partial charge < -0.3 is 0 Å². The quantitative estimate of drug-likeness (QED) is 0.747. The number of carbonyl (C=O) groups is 1. The summed E-state index contributed by atoms with van der Waals surface area (Å²) in [6, 6.07) is 5.98. The summed E-state index contributed by atoms with van der Waals surface area (Å²) >= 11 is 0. The van der Waals surface area contributed by atoms with Gasteiger partial charge in [0.25, 0.3) is 0 Å². The molecule has 0 aliphatic carbocycles. The van der Waals surface area contributed by atoms with Crippen molar-refractivity contribution in [3.05, 3.63) is 34.9 Å². The average molecular weight is 261 g/mol. The zero-order chi connectivity index (χ0) is 14.8. The molecule has 0 aliphatic heterocycles. The molecule has 0 radical (unpaired) electrons. The van der Waals surface area contributed by atoms with Gasteiger partial charge in [0, 0.05) is 11.1 Å². The number of rotatable bonds is 5. The van der Waals surface area contributed by atoms with Crippen molar-refractivity contribution in [3.8, 4) is 0 Å². The first-order valence-electron chi connectivity index (χ1n) is 7.05. The number of nitrogens with zero attached hydrogens (tertiary/aromatic N) is 1. The Kier molecular flexibility index (Phi) is 4.92. The summed E-state index contributed by atoms with van der Waals surface area (Å²) in [7, 11) is 2.04. The first-order chi connectivity index (χ1) is 8.70. The molecule has 0 bridgehead atoms. The molecule has 1 aromatic rings. The third kappa shape index (κ3) is 3.44. The van der Waals surface area contributed by atoms with Gasteiger partial charge in [0.2, 0.25) is 0 Å². The van der Waals surface area contributed by atoms with Crippen LogP contribution in [0.15, 0.2) is 18.2 Å². The van der Waals surface area contributed by atoms with Gasteiger partial charge in [-0.2, -0.15) is 0 Å². The number of carbonyl (C=O) groups excluding carboxylic acids is 1. The molecule has 0 N–H and O–H groups in total. The van der Waals surface area contributed by atoms with E-state index < -0.39 is 0 Å². The molecule has 19 heavy (non-hydrogen) atoms. The summed E-state index contributed by atoms with van der Waals surface area (Å²) in [4.78, 5) is 14.9. The predicted molar refractivity (Wildman–Crippen MR) is 81.8 cm³/mol. The molecule has 0 heterocycles. The Labute approximate surface area is 117 Å². The topological polar surface area (TPSA) is 20.3 Å². The van der Waals surface area contributed by atoms with Gasteiger partial charge in [0.1, 0.15) is 0 Å². The number of hydrogen-bond acceptors (Lipinski definition) is 2. The summed E-state index contributed by atoms with van der Waals surface area (Å²) in [6.07, 6.45) is 1.02. The normalized spacial score (nSPS) is 13.7. The van der Waals surface area contributed by atoms with Gasteiger partial charge in [-0.1, -0.05) is 24.6 Å². The summed E-state index contributed by atoms with van der Waals surface area (Å²) in [5, 5.41) is 0. The maximum Gasteiger partial charge on any atom is 0.179 e. The molecular formula is C17H27NO. The van der Waals surface area contributed by atoms with E-state index in [2.05, 4.69) is 31.7 Å². The van der Waals surface area contributed by atoms with Crippen molar-refractivity contribution in [1.82, 2.24) is 4.90 Å². The third-order valence-corrected chi connectivity index (χ3v) is 4.44. The number of ketones is 1. The highest BCUT2D eigenvalue weighted by Crippen LogP contribution is 2.22. The molecule has 0 aliphatic rings. The molecule has 2 nitrogen and oxygen atoms in total. The molecule has 2 heteroatoms. The lowest BCUT2D eigenvalue weighted by Gasteiger charge is -2.38. The Morgan fingerprint density at radius 1 is 1.32 bits per heavy atom. The maximum atomic E-state index is 12.7. The summed E-state index contributed by atoms with van der Waals surface area (Å²) < 4.78 is 0. The Balaban J connectivity index is 3.03. The minimum absolute atomic E-state index is 0.0345. The molecule has 0 spiro atoms. The molecule has 1 rings (SSSR count). The molecule has 1 atom stereocenters. The van der Waals surface area contributed by atoms with E-state index in [4.69, 9.17) is 0 Å². The lowest BCUT2D eigenvalue weighted by Crippen LogP contribution is -2.49. The minimum atomic E-state index is -0.101. The smallest absolute Gasteiger partial charge is 0.179 e. The van der Waals surface area contributed by atoms with Gasteiger partial charge in [-0.3, -0.25) is 9.69 Å². The molecule has 1 aromatic carbocycles. The predicted octanol–water partition coefficient (Wildman–Crippen LogP) is 4.00. The van der Waals surface area contributed by atoms with Crippen LogP contribution >= 0.6 is 0 Å². The molecule has 0 fully saturated rings. The molecule has 0 saturated heterocycles. The van der Waals surface area contributed by atoms with E-state index in [0.29, 0.717) is 0 Å². The van der Waals surface area contributed by atoms with Crippen molar-refractivity contribution in [2.75, 3.05) is 7.05 Å². The molecule has 0 saturated carbocycles. The van der Waals surface area contributed by atoms with E-state index in [1.54, 1.807) is 0 Å². The lowest BCUT2D eigenvalue weighted by atomic mass is 9.93. The highest BCUT2D eigenvalue weighted by atomic mass is 16.1. The van der Waals surface area contributed by atoms with Crippen molar-refractivity contribution in [1.29, 1.82) is 0 Å². The number of hydrogen-bond donors (Lipinski definition) is 0. The maximum absolute atomic E-state index is 12.7. The van der Waals surface area contributed by atoms with Crippen LogP contribution in [-0.4, -0.2) is 29.3 Å². The molecule has 1 unspecified atom stereocenters. The van der Waals surface area contributed by atoms with Crippen molar-refractivity contribution >= 4 is 5.78 Å². The van der Waals surface area contributed by atoms with Gasteiger partial charge in [0.15, 0.2) is 5.78 Å². The van der Waals surface area contributed by atoms with Crippen LogP contribution in [0, 0.1) is 13.8 Å². The first kappa shape index (κ1) is 15.9. The van der Waals surface area contributed by atoms with Crippen LogP contribution < -0.4 is 0 Å². The monoisotopic (exact) mass is 261 g/mol. The van der Waals surface area contributed by atoms with Gasteiger partial charge in [0.05, 0.1) is 6.04 Å². The molecule has 0 aromatic heterocycles. The van der Waals surface area contributed by atoms with Gasteiger partial charge in [-0.25, -0.2) is 0 Å². The standard InChI is InChI=1S/C17H27NO/c1-8-17(5,6)18(7)14(4)16(19)15-11-12(2)9-10-13(15)3/h9-11,14H,8H2,1-7H3. The van der Waals surface area contributed by atoms with E-state index in [-0.39, 0.29) is 17.4 Å². The second kappa shape index (κ2) is 5.87. The van der Waals surface area contributed by atoms with Crippen molar-refractivity contribution in [2.24, 2.45) is 0 Å². The number of likely N-dealkylation sites (N-methyl/N-ethyl adjacent to an activating group) is 1. The van der Waals surface area contributed by atoms with E-state index >= 15 is 0 Å². The number of aryl methyl sites for hydroxylation is 2. The summed E-state index contributed by atoms with van der Waals surface area (Å²) in [5.41, 5.74) is 3.09. The molecular weight excluding hydrogens is 234 g/mol. The van der Waals surface area contributed by atoms with Crippen LogP contribution in [0.25, 0.3) is 0 Å². The Bertz CT molecular complexity index is 462. The Morgan fingerprint density at radius 3 is 2.42 bits per heavy atom. The molecule has 0 amide bonds.